The van der Waals surface area contributed by atoms with Gasteiger partial charge in [0.25, 0.3) is 0 Å². The number of rotatable bonds is 6. The molecule has 1 aliphatic heterocycles. The number of anilines is 1. The Morgan fingerprint density at radius 3 is 2.83 bits per heavy atom. The van der Waals surface area contributed by atoms with Crippen LogP contribution in [0.5, 0.6) is 0 Å². The van der Waals surface area contributed by atoms with E-state index in [0.29, 0.717) is 12.6 Å². The summed E-state index contributed by atoms with van der Waals surface area (Å²) in [6.45, 7) is 5.81. The molecule has 0 aromatic carbocycles. The van der Waals surface area contributed by atoms with Gasteiger partial charge in [-0.3, -0.25) is 9.39 Å². The predicted molar refractivity (Wildman–Crippen MR) is 131 cm³/mol. The highest BCUT2D eigenvalue weighted by Crippen LogP contribution is 2.24. The van der Waals surface area contributed by atoms with Crippen LogP contribution in [0.15, 0.2) is 46.9 Å². The lowest BCUT2D eigenvalue weighted by molar-refractivity contribution is 0.463. The van der Waals surface area contributed by atoms with E-state index in [1.165, 1.54) is 5.00 Å². The van der Waals surface area contributed by atoms with E-state index in [0.717, 1.165) is 56.3 Å². The highest BCUT2D eigenvalue weighted by molar-refractivity contribution is 14.0. The molecule has 0 aliphatic carbocycles. The van der Waals surface area contributed by atoms with E-state index >= 15 is 0 Å². The average molecular weight is 525 g/mol. The minimum Gasteiger partial charge on any atom is -0.363 e. The summed E-state index contributed by atoms with van der Waals surface area (Å²) in [5.74, 6) is 1.84. The van der Waals surface area contributed by atoms with Gasteiger partial charge in [-0.2, -0.15) is 0 Å². The van der Waals surface area contributed by atoms with Crippen LogP contribution in [-0.2, 0) is 6.42 Å². The monoisotopic (exact) mass is 525 g/mol. The quantitative estimate of drug-likeness (QED) is 0.294. The van der Waals surface area contributed by atoms with Gasteiger partial charge in [0.15, 0.2) is 11.6 Å². The number of piperidine rings is 1. The van der Waals surface area contributed by atoms with E-state index in [-0.39, 0.29) is 24.0 Å². The first-order valence-corrected chi connectivity index (χ1v) is 10.8. The first-order valence-electron chi connectivity index (χ1n) is 9.95. The van der Waals surface area contributed by atoms with Crippen LogP contribution in [0.4, 0.5) is 5.00 Å². The van der Waals surface area contributed by atoms with Gasteiger partial charge in [0.05, 0.1) is 5.00 Å². The number of guanidine groups is 1. The number of hydrogen-bond donors (Lipinski definition) is 2. The Hall–Kier alpha value is -1.88. The lowest BCUT2D eigenvalue weighted by atomic mass is 10.1. The van der Waals surface area contributed by atoms with Crippen molar-refractivity contribution in [1.29, 1.82) is 0 Å². The maximum absolute atomic E-state index is 4.76. The molecule has 3 aromatic heterocycles. The number of thiophene rings is 1. The Morgan fingerprint density at radius 2 is 2.07 bits per heavy atom. The van der Waals surface area contributed by atoms with E-state index in [4.69, 9.17) is 4.99 Å². The molecule has 4 heterocycles. The summed E-state index contributed by atoms with van der Waals surface area (Å²) in [5, 5.41) is 19.0. The van der Waals surface area contributed by atoms with E-state index in [9.17, 15) is 0 Å². The largest absolute Gasteiger partial charge is 0.363 e. The van der Waals surface area contributed by atoms with Gasteiger partial charge in [0.1, 0.15) is 5.82 Å². The molecule has 0 spiro atoms. The number of nitrogens with zero attached hydrogens (tertiary/aromatic N) is 5. The van der Waals surface area contributed by atoms with Gasteiger partial charge in [-0.05, 0) is 49.4 Å². The van der Waals surface area contributed by atoms with E-state index in [1.807, 2.05) is 40.1 Å². The van der Waals surface area contributed by atoms with Crippen molar-refractivity contribution in [2.75, 3.05) is 31.1 Å². The topological polar surface area (TPSA) is 69.8 Å². The molecule has 1 aliphatic rings. The third-order valence-corrected chi connectivity index (χ3v) is 5.92. The Morgan fingerprint density at radius 1 is 1.21 bits per heavy atom. The van der Waals surface area contributed by atoms with Crippen molar-refractivity contribution >= 4 is 51.9 Å². The minimum absolute atomic E-state index is 0. The Kier molecular flexibility index (Phi) is 8.10. The molecule has 4 rings (SSSR count). The van der Waals surface area contributed by atoms with Gasteiger partial charge in [-0.15, -0.1) is 45.5 Å². The Labute approximate surface area is 192 Å². The normalized spacial score (nSPS) is 15.3. The molecule has 7 nitrogen and oxygen atoms in total. The fourth-order valence-corrected chi connectivity index (χ4v) is 4.32. The van der Waals surface area contributed by atoms with Crippen molar-refractivity contribution in [2.45, 2.75) is 32.2 Å². The maximum atomic E-state index is 4.76. The lowest BCUT2D eigenvalue weighted by Gasteiger charge is -2.33. The van der Waals surface area contributed by atoms with Crippen molar-refractivity contribution in [3.63, 3.8) is 0 Å². The number of fused-ring (bicyclic) bond motifs is 1. The second kappa shape index (κ2) is 10.8. The summed E-state index contributed by atoms with van der Waals surface area (Å²) in [7, 11) is 0. The van der Waals surface area contributed by atoms with Crippen LogP contribution >= 0.6 is 35.3 Å². The van der Waals surface area contributed by atoms with Crippen molar-refractivity contribution in [3.8, 4) is 0 Å². The molecule has 156 valence electrons. The van der Waals surface area contributed by atoms with Crippen molar-refractivity contribution in [3.05, 3.63) is 47.7 Å². The zero-order valence-electron chi connectivity index (χ0n) is 16.6. The van der Waals surface area contributed by atoms with Crippen molar-refractivity contribution in [2.24, 2.45) is 4.99 Å². The van der Waals surface area contributed by atoms with Crippen molar-refractivity contribution in [1.82, 2.24) is 25.2 Å². The fourth-order valence-electron chi connectivity index (χ4n) is 3.54. The molecule has 29 heavy (non-hydrogen) atoms. The molecule has 9 heteroatoms. The zero-order valence-corrected chi connectivity index (χ0v) is 19.8. The number of aromatic nitrogens is 3. The molecule has 1 fully saturated rings. The molecule has 2 N–H and O–H groups in total. The molecule has 0 radical (unpaired) electrons. The number of hydrogen-bond acceptors (Lipinski definition) is 5. The summed E-state index contributed by atoms with van der Waals surface area (Å²) in [5.41, 5.74) is 0.879. The second-order valence-electron chi connectivity index (χ2n) is 6.91. The molecule has 0 atom stereocenters. The first-order chi connectivity index (χ1) is 13.8. The van der Waals surface area contributed by atoms with Gasteiger partial charge in [-0.1, -0.05) is 6.07 Å². The molecule has 1 saturated heterocycles. The summed E-state index contributed by atoms with van der Waals surface area (Å²) < 4.78 is 2.02. The highest BCUT2D eigenvalue weighted by Gasteiger charge is 2.20. The van der Waals surface area contributed by atoms with Crippen molar-refractivity contribution < 1.29 is 0 Å². The van der Waals surface area contributed by atoms with E-state index in [2.05, 4.69) is 50.2 Å². The number of aliphatic imine (C=N–C) groups is 1. The lowest BCUT2D eigenvalue weighted by Crippen LogP contribution is -2.48. The summed E-state index contributed by atoms with van der Waals surface area (Å²) in [4.78, 5) is 7.24. The van der Waals surface area contributed by atoms with Crippen LogP contribution in [-0.4, -0.2) is 52.8 Å². The number of nitrogens with one attached hydrogen (secondary N) is 2. The van der Waals surface area contributed by atoms with Gasteiger partial charge in [0.2, 0.25) is 0 Å². The Balaban J connectivity index is 0.00000240. The highest BCUT2D eigenvalue weighted by atomic mass is 127. The SMILES string of the molecule is CCNC(=NCCc1nnc2ccccn12)NC1CCN(c2cccs2)CC1.I. The molecular weight excluding hydrogens is 497 g/mol. The van der Waals surface area contributed by atoms with Crippen LogP contribution in [0.1, 0.15) is 25.6 Å². The summed E-state index contributed by atoms with van der Waals surface area (Å²) in [6.07, 6.45) is 5.01. The van der Waals surface area contributed by atoms with Gasteiger partial charge in [0, 0.05) is 44.8 Å². The molecular formula is C20H28IN7S. The van der Waals surface area contributed by atoms with Crippen LogP contribution in [0.25, 0.3) is 5.65 Å². The molecule has 3 aromatic rings. The molecule has 0 amide bonds. The third-order valence-electron chi connectivity index (χ3n) is 4.99. The molecule has 0 bridgehead atoms. The van der Waals surface area contributed by atoms with Crippen LogP contribution in [0.3, 0.4) is 0 Å². The Bertz CT molecular complexity index is 901. The summed E-state index contributed by atoms with van der Waals surface area (Å²) >= 11 is 1.82. The number of pyridine rings is 1. The van der Waals surface area contributed by atoms with Crippen LogP contribution in [0, 0.1) is 0 Å². The van der Waals surface area contributed by atoms with Gasteiger partial charge < -0.3 is 15.5 Å². The third kappa shape index (κ3) is 5.59. The predicted octanol–water partition coefficient (Wildman–Crippen LogP) is 3.18. The average Bonchev–Trinajstić information content (AvgIpc) is 3.39. The maximum Gasteiger partial charge on any atom is 0.191 e. The van der Waals surface area contributed by atoms with Gasteiger partial charge in [-0.25, -0.2) is 0 Å². The van der Waals surface area contributed by atoms with Gasteiger partial charge >= 0.3 is 0 Å². The summed E-state index contributed by atoms with van der Waals surface area (Å²) in [6, 6.07) is 10.7. The second-order valence-corrected chi connectivity index (χ2v) is 7.84. The molecule has 0 saturated carbocycles. The fraction of sp³-hybridized carbons (Fsp3) is 0.450. The zero-order chi connectivity index (χ0) is 19.2. The first kappa shape index (κ1) is 21.8. The molecule has 0 unspecified atom stereocenters. The minimum atomic E-state index is 0. The van der Waals surface area contributed by atoms with E-state index in [1.54, 1.807) is 0 Å². The van der Waals surface area contributed by atoms with E-state index < -0.39 is 0 Å². The standard InChI is InChI=1S/C20H27N7S.HI/c1-2-21-20(22-11-8-18-25-24-17-6-3-4-12-27(17)18)23-16-9-13-26(14-10-16)19-7-5-15-28-19;/h3-7,12,15-16H,2,8-11,13-14H2,1H3,(H2,21,22,23);1H. The van der Waals surface area contributed by atoms with Crippen LogP contribution in [0.2, 0.25) is 0 Å². The number of halogens is 1. The smallest absolute Gasteiger partial charge is 0.191 e. The van der Waals surface area contributed by atoms with Crippen LogP contribution < -0.4 is 15.5 Å².